The van der Waals surface area contributed by atoms with Crippen molar-refractivity contribution in [3.8, 4) is 0 Å². The SMILES string of the molecule is C[C@@H]1CCc2sc(C(=O)NNC(=S)NC(C)(C)C)cc2C1. The number of carbonyl (C=O) groups is 1. The Labute approximate surface area is 135 Å². The fourth-order valence-electron chi connectivity index (χ4n) is 2.36. The third kappa shape index (κ3) is 4.68. The molecule has 0 saturated heterocycles. The lowest BCUT2D eigenvalue weighted by molar-refractivity contribution is 0.0947. The van der Waals surface area contributed by atoms with Gasteiger partial charge in [0.2, 0.25) is 0 Å². The van der Waals surface area contributed by atoms with Crippen molar-refractivity contribution in [3.63, 3.8) is 0 Å². The number of thiophene rings is 1. The number of thiocarbonyl (C=S) groups is 1. The lowest BCUT2D eigenvalue weighted by atomic mass is 9.90. The number of fused-ring (bicyclic) bond motifs is 1. The molecule has 0 radical (unpaired) electrons. The van der Waals surface area contributed by atoms with Gasteiger partial charge in [0, 0.05) is 10.4 Å². The highest BCUT2D eigenvalue weighted by Crippen LogP contribution is 2.32. The Balaban J connectivity index is 1.91. The van der Waals surface area contributed by atoms with Crippen molar-refractivity contribution >= 4 is 34.6 Å². The van der Waals surface area contributed by atoms with Gasteiger partial charge < -0.3 is 5.32 Å². The molecule has 0 aliphatic heterocycles. The smallest absolute Gasteiger partial charge is 0.279 e. The van der Waals surface area contributed by atoms with Gasteiger partial charge in [-0.15, -0.1) is 11.3 Å². The van der Waals surface area contributed by atoms with E-state index < -0.39 is 0 Å². The molecule has 1 aliphatic rings. The molecule has 1 amide bonds. The Hall–Kier alpha value is -1.14. The van der Waals surface area contributed by atoms with Gasteiger partial charge in [-0.3, -0.25) is 15.6 Å². The molecule has 1 aromatic rings. The average Bonchev–Trinajstić information content (AvgIpc) is 2.76. The molecule has 116 valence electrons. The van der Waals surface area contributed by atoms with Crippen LogP contribution < -0.4 is 16.2 Å². The van der Waals surface area contributed by atoms with E-state index in [0.717, 1.165) is 17.7 Å². The van der Waals surface area contributed by atoms with Gasteiger partial charge in [-0.25, -0.2) is 0 Å². The molecule has 1 aliphatic carbocycles. The molecule has 1 atom stereocenters. The number of hydrogen-bond acceptors (Lipinski definition) is 3. The third-order valence-electron chi connectivity index (χ3n) is 3.33. The summed E-state index contributed by atoms with van der Waals surface area (Å²) < 4.78 is 0. The van der Waals surface area contributed by atoms with E-state index >= 15 is 0 Å². The molecular weight excluding hydrogens is 302 g/mol. The molecule has 0 fully saturated rings. The van der Waals surface area contributed by atoms with E-state index in [1.54, 1.807) is 11.3 Å². The molecule has 2 rings (SSSR count). The lowest BCUT2D eigenvalue weighted by Crippen LogP contribution is -2.52. The Morgan fingerprint density at radius 2 is 2.10 bits per heavy atom. The minimum absolute atomic E-state index is 0.125. The summed E-state index contributed by atoms with van der Waals surface area (Å²) in [5.74, 6) is 0.588. The number of hydrazine groups is 1. The molecule has 0 bridgehead atoms. The second-order valence-electron chi connectivity index (χ2n) is 6.69. The van der Waals surface area contributed by atoms with E-state index in [-0.39, 0.29) is 11.4 Å². The topological polar surface area (TPSA) is 53.2 Å². The van der Waals surface area contributed by atoms with Gasteiger partial charge in [-0.2, -0.15) is 0 Å². The summed E-state index contributed by atoms with van der Waals surface area (Å²) in [4.78, 5) is 14.3. The van der Waals surface area contributed by atoms with Crippen molar-refractivity contribution in [2.75, 3.05) is 0 Å². The Morgan fingerprint density at radius 1 is 1.38 bits per heavy atom. The molecule has 4 nitrogen and oxygen atoms in total. The van der Waals surface area contributed by atoms with E-state index in [1.165, 1.54) is 16.9 Å². The molecule has 6 heteroatoms. The minimum atomic E-state index is -0.132. The standard InChI is InChI=1S/C15H23N3OS2/c1-9-5-6-11-10(7-9)8-12(21-11)13(19)17-18-14(20)16-15(2,3)4/h8-9H,5-7H2,1-4H3,(H,17,19)(H2,16,18,20)/t9-/m1/s1. The first kappa shape index (κ1) is 16.2. The molecule has 0 saturated carbocycles. The number of rotatable bonds is 1. The lowest BCUT2D eigenvalue weighted by Gasteiger charge is -2.22. The van der Waals surface area contributed by atoms with Crippen LogP contribution in [0.5, 0.6) is 0 Å². The highest BCUT2D eigenvalue weighted by atomic mass is 32.1. The van der Waals surface area contributed by atoms with Crippen LogP contribution in [-0.4, -0.2) is 16.6 Å². The van der Waals surface area contributed by atoms with E-state index in [4.69, 9.17) is 12.2 Å². The van der Waals surface area contributed by atoms with Crippen LogP contribution in [0, 0.1) is 5.92 Å². The molecule has 1 heterocycles. The number of nitrogens with one attached hydrogen (secondary N) is 3. The van der Waals surface area contributed by atoms with Crippen LogP contribution in [0.4, 0.5) is 0 Å². The molecule has 0 unspecified atom stereocenters. The van der Waals surface area contributed by atoms with E-state index in [1.807, 2.05) is 26.8 Å². The summed E-state index contributed by atoms with van der Waals surface area (Å²) >= 11 is 6.73. The molecule has 0 spiro atoms. The summed E-state index contributed by atoms with van der Waals surface area (Å²) in [6.07, 6.45) is 3.38. The first-order chi connectivity index (χ1) is 9.74. The maximum absolute atomic E-state index is 12.2. The first-order valence-electron chi connectivity index (χ1n) is 7.24. The van der Waals surface area contributed by atoms with Crippen LogP contribution in [0.15, 0.2) is 6.07 Å². The van der Waals surface area contributed by atoms with Crippen molar-refractivity contribution in [2.24, 2.45) is 5.92 Å². The van der Waals surface area contributed by atoms with Gasteiger partial charge in [0.05, 0.1) is 4.88 Å². The van der Waals surface area contributed by atoms with Crippen LogP contribution >= 0.6 is 23.6 Å². The summed E-state index contributed by atoms with van der Waals surface area (Å²) in [6, 6.07) is 2.02. The Kier molecular flexibility index (Phi) is 4.88. The summed E-state index contributed by atoms with van der Waals surface area (Å²) in [5.41, 5.74) is 6.61. The number of hydrogen-bond donors (Lipinski definition) is 3. The van der Waals surface area contributed by atoms with Gasteiger partial charge in [0.25, 0.3) is 5.91 Å². The number of aryl methyl sites for hydroxylation is 1. The summed E-state index contributed by atoms with van der Waals surface area (Å²) in [5, 5.41) is 3.51. The molecule has 1 aromatic heterocycles. The maximum atomic E-state index is 12.2. The minimum Gasteiger partial charge on any atom is -0.357 e. The summed E-state index contributed by atoms with van der Waals surface area (Å²) in [6.45, 7) is 8.30. The second kappa shape index (κ2) is 6.32. The van der Waals surface area contributed by atoms with Crippen molar-refractivity contribution in [1.82, 2.24) is 16.2 Å². The van der Waals surface area contributed by atoms with Crippen molar-refractivity contribution in [3.05, 3.63) is 21.4 Å². The predicted octanol–water partition coefficient (Wildman–Crippen LogP) is 2.78. The average molecular weight is 326 g/mol. The normalized spacial score (nSPS) is 17.8. The predicted molar refractivity (Wildman–Crippen MR) is 91.6 cm³/mol. The molecule has 3 N–H and O–H groups in total. The maximum Gasteiger partial charge on any atom is 0.279 e. The van der Waals surface area contributed by atoms with E-state index in [2.05, 4.69) is 23.1 Å². The quantitative estimate of drug-likeness (QED) is 0.549. The van der Waals surface area contributed by atoms with Crippen LogP contribution in [0.3, 0.4) is 0 Å². The zero-order valence-electron chi connectivity index (χ0n) is 13.0. The van der Waals surface area contributed by atoms with Gasteiger partial charge >= 0.3 is 0 Å². The fourth-order valence-corrected chi connectivity index (χ4v) is 3.83. The van der Waals surface area contributed by atoms with Crippen molar-refractivity contribution in [1.29, 1.82) is 0 Å². The first-order valence-corrected chi connectivity index (χ1v) is 8.47. The van der Waals surface area contributed by atoms with Crippen LogP contribution in [0.2, 0.25) is 0 Å². The van der Waals surface area contributed by atoms with Crippen molar-refractivity contribution in [2.45, 2.75) is 52.5 Å². The monoisotopic (exact) mass is 325 g/mol. The fraction of sp³-hybridized carbons (Fsp3) is 0.600. The van der Waals surface area contributed by atoms with Gasteiger partial charge in [-0.1, -0.05) is 6.92 Å². The van der Waals surface area contributed by atoms with Crippen LogP contribution in [0.1, 0.15) is 54.2 Å². The third-order valence-corrected chi connectivity index (χ3v) is 4.77. The zero-order valence-corrected chi connectivity index (χ0v) is 14.6. The van der Waals surface area contributed by atoms with E-state index in [9.17, 15) is 4.79 Å². The number of carbonyl (C=O) groups excluding carboxylic acids is 1. The van der Waals surface area contributed by atoms with Crippen LogP contribution in [-0.2, 0) is 12.8 Å². The van der Waals surface area contributed by atoms with Gasteiger partial charge in [0.15, 0.2) is 5.11 Å². The largest absolute Gasteiger partial charge is 0.357 e. The zero-order chi connectivity index (χ0) is 15.6. The van der Waals surface area contributed by atoms with E-state index in [0.29, 0.717) is 11.0 Å². The van der Waals surface area contributed by atoms with Crippen LogP contribution in [0.25, 0.3) is 0 Å². The summed E-state index contributed by atoms with van der Waals surface area (Å²) in [7, 11) is 0. The Bertz CT molecular complexity index is 546. The highest BCUT2D eigenvalue weighted by Gasteiger charge is 2.20. The second-order valence-corrected chi connectivity index (χ2v) is 8.24. The number of amides is 1. The Morgan fingerprint density at radius 3 is 2.76 bits per heavy atom. The molecular formula is C15H23N3OS2. The van der Waals surface area contributed by atoms with Gasteiger partial charge in [-0.05, 0) is 69.8 Å². The van der Waals surface area contributed by atoms with Gasteiger partial charge in [0.1, 0.15) is 0 Å². The molecule has 0 aromatic carbocycles. The highest BCUT2D eigenvalue weighted by molar-refractivity contribution is 7.80. The van der Waals surface area contributed by atoms with Crippen molar-refractivity contribution < 1.29 is 4.79 Å². The molecule has 21 heavy (non-hydrogen) atoms.